The van der Waals surface area contributed by atoms with Gasteiger partial charge in [0.05, 0.1) is 17.6 Å². The van der Waals surface area contributed by atoms with Crippen molar-refractivity contribution in [3.05, 3.63) is 33.9 Å². The summed E-state index contributed by atoms with van der Waals surface area (Å²) in [5.41, 5.74) is 0.871. The first-order valence-corrected chi connectivity index (χ1v) is 7.85. The number of nitrogens with zero attached hydrogens (tertiary/aromatic N) is 2. The predicted octanol–water partition coefficient (Wildman–Crippen LogP) is 2.71. The molecule has 0 N–H and O–H groups in total. The average Bonchev–Trinajstić information content (AvgIpc) is 2.53. The van der Waals surface area contributed by atoms with Crippen molar-refractivity contribution < 1.29 is 14.5 Å². The fourth-order valence-corrected chi connectivity index (χ4v) is 3.54. The summed E-state index contributed by atoms with van der Waals surface area (Å²) in [5.74, 6) is 0.447. The lowest BCUT2D eigenvalue weighted by atomic mass is 10.1. The van der Waals surface area contributed by atoms with Crippen LogP contribution in [0, 0.1) is 10.1 Å². The SMILES string of the molecule is CCC1CN(c2cc(C(=O)OC)ccc2[N+](=O)[O-])CCS1. The van der Waals surface area contributed by atoms with Crippen LogP contribution < -0.4 is 4.90 Å². The maximum Gasteiger partial charge on any atom is 0.337 e. The molecule has 114 valence electrons. The summed E-state index contributed by atoms with van der Waals surface area (Å²) in [6, 6.07) is 4.38. The highest BCUT2D eigenvalue weighted by molar-refractivity contribution is 8.00. The van der Waals surface area contributed by atoms with E-state index in [4.69, 9.17) is 0 Å². The number of thioether (sulfide) groups is 1. The van der Waals surface area contributed by atoms with Gasteiger partial charge in [-0.05, 0) is 18.6 Å². The smallest absolute Gasteiger partial charge is 0.337 e. The van der Waals surface area contributed by atoms with Gasteiger partial charge in [0.1, 0.15) is 5.69 Å². The molecule has 1 aliphatic rings. The zero-order valence-electron chi connectivity index (χ0n) is 12.1. The maximum absolute atomic E-state index is 11.6. The molecule has 1 heterocycles. The zero-order valence-corrected chi connectivity index (χ0v) is 12.9. The highest BCUT2D eigenvalue weighted by Gasteiger charge is 2.26. The van der Waals surface area contributed by atoms with Gasteiger partial charge in [-0.15, -0.1) is 0 Å². The van der Waals surface area contributed by atoms with Gasteiger partial charge >= 0.3 is 5.97 Å². The van der Waals surface area contributed by atoms with Crippen LogP contribution in [0.1, 0.15) is 23.7 Å². The summed E-state index contributed by atoms with van der Waals surface area (Å²) in [6.45, 7) is 3.61. The number of carbonyl (C=O) groups excluding carboxylic acids is 1. The summed E-state index contributed by atoms with van der Waals surface area (Å²) in [7, 11) is 1.30. The van der Waals surface area contributed by atoms with Crippen molar-refractivity contribution in [3.63, 3.8) is 0 Å². The number of nitro groups is 1. The Labute approximate surface area is 127 Å². The summed E-state index contributed by atoms with van der Waals surface area (Å²) >= 11 is 1.89. The normalized spacial score (nSPS) is 18.4. The number of methoxy groups -OCH3 is 1. The largest absolute Gasteiger partial charge is 0.465 e. The van der Waals surface area contributed by atoms with E-state index in [-0.39, 0.29) is 5.69 Å². The van der Waals surface area contributed by atoms with Crippen LogP contribution in [0.15, 0.2) is 18.2 Å². The molecule has 1 aliphatic heterocycles. The highest BCUT2D eigenvalue weighted by atomic mass is 32.2. The van der Waals surface area contributed by atoms with Gasteiger partial charge in [0.25, 0.3) is 5.69 Å². The van der Waals surface area contributed by atoms with E-state index < -0.39 is 10.9 Å². The molecule has 1 fully saturated rings. The molecule has 0 saturated carbocycles. The molecule has 0 aliphatic carbocycles. The minimum Gasteiger partial charge on any atom is -0.465 e. The fourth-order valence-electron chi connectivity index (χ4n) is 2.36. The van der Waals surface area contributed by atoms with Crippen LogP contribution >= 0.6 is 11.8 Å². The molecule has 1 atom stereocenters. The summed E-state index contributed by atoms with van der Waals surface area (Å²) in [5, 5.41) is 11.7. The van der Waals surface area contributed by atoms with Crippen LogP contribution in [0.4, 0.5) is 11.4 Å². The third-order valence-corrected chi connectivity index (χ3v) is 4.90. The Morgan fingerprint density at radius 3 is 2.95 bits per heavy atom. The molecule has 1 aromatic carbocycles. The van der Waals surface area contributed by atoms with Crippen LogP contribution in [-0.2, 0) is 4.74 Å². The number of ether oxygens (including phenoxy) is 1. The number of benzene rings is 1. The Kier molecular flexibility index (Phi) is 5.06. The molecular weight excluding hydrogens is 292 g/mol. The highest BCUT2D eigenvalue weighted by Crippen LogP contribution is 2.33. The lowest BCUT2D eigenvalue weighted by Gasteiger charge is -2.33. The lowest BCUT2D eigenvalue weighted by molar-refractivity contribution is -0.384. The van der Waals surface area contributed by atoms with Crippen LogP contribution in [-0.4, -0.2) is 42.1 Å². The molecule has 6 nitrogen and oxygen atoms in total. The standard InChI is InChI=1S/C14H18N2O4S/c1-3-11-9-15(6-7-21-11)13-8-10(14(17)20-2)4-5-12(13)16(18)19/h4-5,8,11H,3,6-7,9H2,1-2H3. The second kappa shape index (κ2) is 6.80. The van der Waals surface area contributed by atoms with Gasteiger partial charge in [-0.3, -0.25) is 10.1 Å². The molecule has 1 unspecified atom stereocenters. The third-order valence-electron chi connectivity index (χ3n) is 3.53. The van der Waals surface area contributed by atoms with E-state index in [1.54, 1.807) is 6.07 Å². The molecule has 0 radical (unpaired) electrons. The van der Waals surface area contributed by atoms with Crippen molar-refractivity contribution in [2.75, 3.05) is 30.9 Å². The fraction of sp³-hybridized carbons (Fsp3) is 0.500. The number of carbonyl (C=O) groups is 1. The van der Waals surface area contributed by atoms with Gasteiger partial charge in [-0.25, -0.2) is 4.79 Å². The van der Waals surface area contributed by atoms with Gasteiger partial charge in [0.2, 0.25) is 0 Å². The van der Waals surface area contributed by atoms with Crippen LogP contribution in [0.25, 0.3) is 0 Å². The first-order valence-electron chi connectivity index (χ1n) is 6.80. The molecule has 1 aromatic rings. The Hall–Kier alpha value is -1.76. The van der Waals surface area contributed by atoms with E-state index in [2.05, 4.69) is 11.7 Å². The maximum atomic E-state index is 11.6. The van der Waals surface area contributed by atoms with E-state index in [1.807, 2.05) is 16.7 Å². The molecule has 7 heteroatoms. The zero-order chi connectivity index (χ0) is 15.4. The number of anilines is 1. The summed E-state index contributed by atoms with van der Waals surface area (Å²) in [6.07, 6.45) is 1.02. The number of rotatable bonds is 4. The minimum absolute atomic E-state index is 0.0319. The van der Waals surface area contributed by atoms with Crippen molar-refractivity contribution in [3.8, 4) is 0 Å². The Morgan fingerprint density at radius 1 is 1.57 bits per heavy atom. The Balaban J connectivity index is 2.38. The number of hydrogen-bond acceptors (Lipinski definition) is 6. The first-order chi connectivity index (χ1) is 10.1. The van der Waals surface area contributed by atoms with Crippen LogP contribution in [0.5, 0.6) is 0 Å². The van der Waals surface area contributed by atoms with Crippen LogP contribution in [0.2, 0.25) is 0 Å². The van der Waals surface area contributed by atoms with E-state index in [0.717, 1.165) is 25.3 Å². The lowest BCUT2D eigenvalue weighted by Crippen LogP contribution is -2.38. The van der Waals surface area contributed by atoms with E-state index in [1.165, 1.54) is 19.2 Å². The molecule has 0 aromatic heterocycles. The Bertz CT molecular complexity index is 550. The van der Waals surface area contributed by atoms with Gasteiger partial charge in [0.15, 0.2) is 0 Å². The summed E-state index contributed by atoms with van der Waals surface area (Å²) < 4.78 is 4.69. The molecule has 0 amide bonds. The van der Waals surface area contributed by atoms with Gasteiger partial charge in [-0.1, -0.05) is 6.92 Å². The predicted molar refractivity (Wildman–Crippen MR) is 83.2 cm³/mol. The Morgan fingerprint density at radius 2 is 2.33 bits per heavy atom. The number of nitro benzene ring substituents is 1. The second-order valence-electron chi connectivity index (χ2n) is 4.80. The first kappa shape index (κ1) is 15.6. The number of hydrogen-bond donors (Lipinski definition) is 0. The monoisotopic (exact) mass is 310 g/mol. The average molecular weight is 310 g/mol. The van der Waals surface area contributed by atoms with Gasteiger partial charge in [-0.2, -0.15) is 11.8 Å². The number of esters is 1. The second-order valence-corrected chi connectivity index (χ2v) is 6.21. The van der Waals surface area contributed by atoms with Crippen molar-refractivity contribution in [1.29, 1.82) is 0 Å². The molecule has 0 spiro atoms. The topological polar surface area (TPSA) is 72.7 Å². The van der Waals surface area contributed by atoms with E-state index >= 15 is 0 Å². The molecule has 2 rings (SSSR count). The minimum atomic E-state index is -0.482. The van der Waals surface area contributed by atoms with Crippen molar-refractivity contribution >= 4 is 29.1 Å². The van der Waals surface area contributed by atoms with Crippen molar-refractivity contribution in [2.24, 2.45) is 0 Å². The molecule has 21 heavy (non-hydrogen) atoms. The third kappa shape index (κ3) is 3.47. The van der Waals surface area contributed by atoms with Crippen LogP contribution in [0.3, 0.4) is 0 Å². The van der Waals surface area contributed by atoms with Crippen molar-refractivity contribution in [2.45, 2.75) is 18.6 Å². The molecule has 0 bridgehead atoms. The quantitative estimate of drug-likeness (QED) is 0.484. The molecule has 1 saturated heterocycles. The molecular formula is C14H18N2O4S. The van der Waals surface area contributed by atoms with Gasteiger partial charge < -0.3 is 9.64 Å². The van der Waals surface area contributed by atoms with Crippen molar-refractivity contribution in [1.82, 2.24) is 0 Å². The van der Waals surface area contributed by atoms with Gasteiger partial charge in [0, 0.05) is 30.2 Å². The van der Waals surface area contributed by atoms with E-state index in [9.17, 15) is 14.9 Å². The van der Waals surface area contributed by atoms with E-state index in [0.29, 0.717) is 16.5 Å². The summed E-state index contributed by atoms with van der Waals surface area (Å²) in [4.78, 5) is 24.5.